The molecule has 25 heavy (non-hydrogen) atoms. The van der Waals surface area contributed by atoms with Crippen molar-refractivity contribution in [3.8, 4) is 0 Å². The molecule has 0 aliphatic rings. The molecule has 1 heterocycles. The number of fused-ring (bicyclic) bond motifs is 1. The van der Waals surface area contributed by atoms with Crippen molar-refractivity contribution in [1.82, 2.24) is 3.97 Å². The van der Waals surface area contributed by atoms with Crippen LogP contribution in [0.25, 0.3) is 10.9 Å². The van der Waals surface area contributed by atoms with Gasteiger partial charge in [0, 0.05) is 23.1 Å². The topological polar surface area (TPSA) is 59.3 Å². The minimum absolute atomic E-state index is 0.195. The van der Waals surface area contributed by atoms with Gasteiger partial charge in [0.2, 0.25) is 0 Å². The van der Waals surface area contributed by atoms with E-state index in [1.54, 1.807) is 54.6 Å². The summed E-state index contributed by atoms with van der Waals surface area (Å²) in [6.45, 7) is 7.37. The number of allylic oxidation sites excluding steroid dienone is 1. The SMILES string of the molecule is C=CCc1c(C(O)C=C)c2ccccc2n1S(=O)(=O)c1ccccc1. The van der Waals surface area contributed by atoms with Gasteiger partial charge in [-0.2, -0.15) is 0 Å². The maximum atomic E-state index is 13.3. The molecular formula is C20H19NO3S. The van der Waals surface area contributed by atoms with Crippen LogP contribution < -0.4 is 0 Å². The summed E-state index contributed by atoms with van der Waals surface area (Å²) in [5.74, 6) is 0. The average Bonchev–Trinajstić information content (AvgIpc) is 2.96. The van der Waals surface area contributed by atoms with E-state index in [9.17, 15) is 13.5 Å². The molecule has 0 spiro atoms. The lowest BCUT2D eigenvalue weighted by Crippen LogP contribution is -2.16. The van der Waals surface area contributed by atoms with E-state index in [0.29, 0.717) is 28.6 Å². The predicted octanol–water partition coefficient (Wildman–Crippen LogP) is 3.83. The fourth-order valence-corrected chi connectivity index (χ4v) is 4.63. The molecular weight excluding hydrogens is 334 g/mol. The number of aliphatic hydroxyl groups is 1. The zero-order valence-electron chi connectivity index (χ0n) is 13.7. The molecule has 0 aliphatic heterocycles. The van der Waals surface area contributed by atoms with E-state index >= 15 is 0 Å². The van der Waals surface area contributed by atoms with Crippen LogP contribution in [-0.4, -0.2) is 17.5 Å². The largest absolute Gasteiger partial charge is 0.384 e. The lowest BCUT2D eigenvalue weighted by molar-refractivity contribution is 0.229. The predicted molar refractivity (Wildman–Crippen MR) is 100 cm³/mol. The molecule has 1 unspecified atom stereocenters. The van der Waals surface area contributed by atoms with Crippen molar-refractivity contribution in [2.45, 2.75) is 17.4 Å². The van der Waals surface area contributed by atoms with Crippen LogP contribution in [0.1, 0.15) is 17.4 Å². The zero-order valence-corrected chi connectivity index (χ0v) is 14.5. The van der Waals surface area contributed by atoms with E-state index in [1.807, 2.05) is 6.07 Å². The molecule has 0 amide bonds. The Bertz CT molecular complexity index is 1030. The standard InChI is InChI=1S/C20H19NO3S/c1-3-10-18-20(19(22)4-2)16-13-8-9-14-17(16)21(18)25(23,24)15-11-6-5-7-12-15/h3-9,11-14,19,22H,1-2,10H2. The van der Waals surface area contributed by atoms with E-state index in [0.717, 1.165) is 0 Å². The van der Waals surface area contributed by atoms with Gasteiger partial charge in [-0.15, -0.1) is 13.2 Å². The molecule has 0 radical (unpaired) electrons. The minimum Gasteiger partial charge on any atom is -0.384 e. The second-order valence-corrected chi connectivity index (χ2v) is 7.42. The molecule has 3 rings (SSSR count). The smallest absolute Gasteiger partial charge is 0.268 e. The Labute approximate surface area is 147 Å². The molecule has 3 aromatic rings. The minimum atomic E-state index is -3.82. The van der Waals surface area contributed by atoms with Crippen LogP contribution in [0, 0.1) is 0 Å². The van der Waals surface area contributed by atoms with Gasteiger partial charge in [-0.05, 0) is 18.2 Å². The van der Waals surface area contributed by atoms with Crippen LogP contribution in [-0.2, 0) is 16.4 Å². The number of benzene rings is 2. The quantitative estimate of drug-likeness (QED) is 0.685. The summed E-state index contributed by atoms with van der Waals surface area (Å²) in [7, 11) is -3.82. The fourth-order valence-electron chi connectivity index (χ4n) is 3.04. The first kappa shape index (κ1) is 17.2. The molecule has 2 aromatic carbocycles. The van der Waals surface area contributed by atoms with Crippen LogP contribution >= 0.6 is 0 Å². The van der Waals surface area contributed by atoms with Gasteiger partial charge in [0.05, 0.1) is 16.5 Å². The Hall–Kier alpha value is -2.63. The molecule has 1 N–H and O–H groups in total. The number of aliphatic hydroxyl groups excluding tert-OH is 1. The van der Waals surface area contributed by atoms with E-state index in [4.69, 9.17) is 0 Å². The highest BCUT2D eigenvalue weighted by atomic mass is 32.2. The first-order valence-corrected chi connectivity index (χ1v) is 9.30. The number of rotatable bonds is 6. The van der Waals surface area contributed by atoms with Crippen molar-refractivity contribution in [3.05, 3.63) is 91.2 Å². The van der Waals surface area contributed by atoms with Crippen molar-refractivity contribution >= 4 is 20.9 Å². The molecule has 0 saturated heterocycles. The van der Waals surface area contributed by atoms with Gasteiger partial charge in [0.1, 0.15) is 0 Å². The van der Waals surface area contributed by atoms with Gasteiger partial charge in [-0.3, -0.25) is 0 Å². The molecule has 0 fully saturated rings. The Morgan fingerprint density at radius 1 is 1.04 bits per heavy atom. The van der Waals surface area contributed by atoms with E-state index in [1.165, 1.54) is 10.0 Å². The van der Waals surface area contributed by atoms with Crippen molar-refractivity contribution in [1.29, 1.82) is 0 Å². The number of para-hydroxylation sites is 1. The summed E-state index contributed by atoms with van der Waals surface area (Å²) in [6.07, 6.45) is 2.37. The zero-order chi connectivity index (χ0) is 18.0. The fraction of sp³-hybridized carbons (Fsp3) is 0.100. The Kier molecular flexibility index (Phi) is 4.61. The summed E-state index contributed by atoms with van der Waals surface area (Å²) >= 11 is 0. The molecule has 0 saturated carbocycles. The van der Waals surface area contributed by atoms with Crippen LogP contribution in [0.5, 0.6) is 0 Å². The van der Waals surface area contributed by atoms with Crippen molar-refractivity contribution in [2.24, 2.45) is 0 Å². The lowest BCUT2D eigenvalue weighted by atomic mass is 10.0. The van der Waals surface area contributed by atoms with Gasteiger partial charge in [0.25, 0.3) is 10.0 Å². The average molecular weight is 353 g/mol. The highest BCUT2D eigenvalue weighted by molar-refractivity contribution is 7.90. The summed E-state index contributed by atoms with van der Waals surface area (Å²) in [6, 6.07) is 15.4. The van der Waals surface area contributed by atoms with Gasteiger partial charge < -0.3 is 5.11 Å². The van der Waals surface area contributed by atoms with E-state index in [-0.39, 0.29) is 4.90 Å². The number of nitrogens with zero attached hydrogens (tertiary/aromatic N) is 1. The number of hydrogen-bond donors (Lipinski definition) is 1. The van der Waals surface area contributed by atoms with Crippen molar-refractivity contribution < 1.29 is 13.5 Å². The van der Waals surface area contributed by atoms with Crippen LogP contribution in [0.4, 0.5) is 0 Å². The van der Waals surface area contributed by atoms with Gasteiger partial charge in [-0.25, -0.2) is 12.4 Å². The van der Waals surface area contributed by atoms with Gasteiger partial charge in [0.15, 0.2) is 0 Å². The first-order valence-electron chi connectivity index (χ1n) is 7.86. The monoisotopic (exact) mass is 353 g/mol. The van der Waals surface area contributed by atoms with Gasteiger partial charge >= 0.3 is 0 Å². The molecule has 1 atom stereocenters. The molecule has 0 bridgehead atoms. The highest BCUT2D eigenvalue weighted by Gasteiger charge is 2.27. The summed E-state index contributed by atoms with van der Waals surface area (Å²) in [4.78, 5) is 0.195. The van der Waals surface area contributed by atoms with Gasteiger partial charge in [-0.1, -0.05) is 48.6 Å². The normalized spacial score (nSPS) is 12.8. The summed E-state index contributed by atoms with van der Waals surface area (Å²) in [5.41, 5.74) is 1.57. The molecule has 0 aliphatic carbocycles. The Morgan fingerprint density at radius 3 is 2.32 bits per heavy atom. The maximum Gasteiger partial charge on any atom is 0.268 e. The van der Waals surface area contributed by atoms with Crippen molar-refractivity contribution in [3.63, 3.8) is 0 Å². The Morgan fingerprint density at radius 2 is 1.68 bits per heavy atom. The van der Waals surface area contributed by atoms with Crippen molar-refractivity contribution in [2.75, 3.05) is 0 Å². The van der Waals surface area contributed by atoms with E-state index < -0.39 is 16.1 Å². The Balaban J connectivity index is 2.44. The molecule has 5 heteroatoms. The van der Waals surface area contributed by atoms with E-state index in [2.05, 4.69) is 13.2 Å². The third kappa shape index (κ3) is 2.81. The lowest BCUT2D eigenvalue weighted by Gasteiger charge is -2.13. The third-order valence-electron chi connectivity index (χ3n) is 4.11. The highest BCUT2D eigenvalue weighted by Crippen LogP contribution is 2.35. The summed E-state index contributed by atoms with van der Waals surface area (Å²) in [5, 5.41) is 11.1. The van der Waals surface area contributed by atoms with Crippen LogP contribution in [0.3, 0.4) is 0 Å². The van der Waals surface area contributed by atoms with Crippen LogP contribution in [0.15, 0.2) is 84.8 Å². The second-order valence-electron chi connectivity index (χ2n) is 5.63. The van der Waals surface area contributed by atoms with Crippen LogP contribution in [0.2, 0.25) is 0 Å². The first-order chi connectivity index (χ1) is 12.0. The molecule has 128 valence electrons. The second kappa shape index (κ2) is 6.70. The summed E-state index contributed by atoms with van der Waals surface area (Å²) < 4.78 is 27.9. The maximum absolute atomic E-state index is 13.3. The number of aromatic nitrogens is 1. The molecule has 1 aromatic heterocycles. The number of hydrogen-bond acceptors (Lipinski definition) is 3. The molecule has 4 nitrogen and oxygen atoms in total. The third-order valence-corrected chi connectivity index (χ3v) is 5.87.